The summed E-state index contributed by atoms with van der Waals surface area (Å²) in [6.45, 7) is 9.21. The second-order valence-electron chi connectivity index (χ2n) is 5.92. The number of benzene rings is 1. The van der Waals surface area contributed by atoms with Gasteiger partial charge in [0.2, 0.25) is 0 Å². The smallest absolute Gasteiger partial charge is 0.0491 e. The molecular formula is C15H18ClN. The number of hydrogen-bond acceptors (Lipinski definition) is 0. The first-order valence-corrected chi connectivity index (χ1v) is 6.60. The van der Waals surface area contributed by atoms with Gasteiger partial charge in [-0.1, -0.05) is 18.5 Å². The maximum atomic E-state index is 6.11. The van der Waals surface area contributed by atoms with Gasteiger partial charge in [-0.05, 0) is 56.9 Å². The van der Waals surface area contributed by atoms with E-state index in [0.29, 0.717) is 5.92 Å². The summed E-state index contributed by atoms with van der Waals surface area (Å²) in [7, 11) is 0. The van der Waals surface area contributed by atoms with Gasteiger partial charge in [0.1, 0.15) is 0 Å². The van der Waals surface area contributed by atoms with Crippen LogP contribution in [0.5, 0.6) is 0 Å². The summed E-state index contributed by atoms with van der Waals surface area (Å²) in [6.07, 6.45) is 1.22. The van der Waals surface area contributed by atoms with Crippen molar-refractivity contribution in [3.8, 4) is 0 Å². The van der Waals surface area contributed by atoms with Crippen molar-refractivity contribution in [3.05, 3.63) is 34.5 Å². The Labute approximate surface area is 107 Å². The maximum Gasteiger partial charge on any atom is 0.0491 e. The summed E-state index contributed by atoms with van der Waals surface area (Å²) in [6, 6.07) is 6.25. The molecule has 1 unspecified atom stereocenters. The van der Waals surface area contributed by atoms with E-state index < -0.39 is 0 Å². The molecule has 0 saturated heterocycles. The molecule has 0 amide bonds. The van der Waals surface area contributed by atoms with E-state index in [-0.39, 0.29) is 5.54 Å². The highest BCUT2D eigenvalue weighted by atomic mass is 35.5. The summed E-state index contributed by atoms with van der Waals surface area (Å²) in [5, 5.41) is 2.14. The summed E-state index contributed by atoms with van der Waals surface area (Å²) in [4.78, 5) is 0. The van der Waals surface area contributed by atoms with Crippen LogP contribution < -0.4 is 0 Å². The second-order valence-corrected chi connectivity index (χ2v) is 6.36. The number of halogens is 1. The molecule has 1 aliphatic heterocycles. The zero-order valence-corrected chi connectivity index (χ0v) is 11.6. The molecule has 90 valence electrons. The van der Waals surface area contributed by atoms with Crippen molar-refractivity contribution in [1.29, 1.82) is 0 Å². The van der Waals surface area contributed by atoms with Gasteiger partial charge < -0.3 is 4.57 Å². The van der Waals surface area contributed by atoms with Crippen molar-refractivity contribution in [2.75, 3.05) is 0 Å². The number of aryl methyl sites for hydroxylation is 1. The lowest BCUT2D eigenvalue weighted by atomic mass is 9.93. The average molecular weight is 248 g/mol. The van der Waals surface area contributed by atoms with Crippen LogP contribution in [-0.2, 0) is 5.54 Å². The van der Waals surface area contributed by atoms with Gasteiger partial charge in [-0.3, -0.25) is 0 Å². The molecule has 0 N–H and O–H groups in total. The lowest BCUT2D eigenvalue weighted by Gasteiger charge is -2.22. The normalized spacial score (nSPS) is 22.1. The third kappa shape index (κ3) is 1.38. The highest BCUT2D eigenvalue weighted by Crippen LogP contribution is 2.46. The van der Waals surface area contributed by atoms with E-state index in [9.17, 15) is 0 Å². The van der Waals surface area contributed by atoms with Crippen LogP contribution in [0.1, 0.15) is 44.4 Å². The standard InChI is InChI=1S/C15H18ClN/c1-9-8-15(3,4)17-13-6-5-11(16)7-12(13)10(2)14(9)17/h5-7,9H,8H2,1-4H3. The van der Waals surface area contributed by atoms with Crippen LogP contribution in [0, 0.1) is 6.92 Å². The molecule has 0 aliphatic carbocycles. The predicted octanol–water partition coefficient (Wildman–Crippen LogP) is 4.85. The van der Waals surface area contributed by atoms with E-state index in [2.05, 4.69) is 44.4 Å². The maximum absolute atomic E-state index is 6.11. The van der Waals surface area contributed by atoms with Gasteiger partial charge >= 0.3 is 0 Å². The quantitative estimate of drug-likeness (QED) is 0.628. The van der Waals surface area contributed by atoms with Crippen molar-refractivity contribution >= 4 is 22.5 Å². The minimum Gasteiger partial charge on any atom is -0.338 e. The minimum atomic E-state index is 0.217. The van der Waals surface area contributed by atoms with Crippen molar-refractivity contribution < 1.29 is 0 Å². The third-order valence-corrected chi connectivity index (χ3v) is 4.34. The molecule has 1 aliphatic rings. The van der Waals surface area contributed by atoms with Crippen LogP contribution in [0.15, 0.2) is 18.2 Å². The Kier molecular flexibility index (Phi) is 2.16. The molecule has 0 fully saturated rings. The Morgan fingerprint density at radius 1 is 1.35 bits per heavy atom. The molecule has 2 heteroatoms. The molecule has 1 aromatic heterocycles. The number of rotatable bonds is 0. The summed E-state index contributed by atoms with van der Waals surface area (Å²) in [5.41, 5.74) is 4.44. The van der Waals surface area contributed by atoms with Crippen LogP contribution in [0.3, 0.4) is 0 Å². The molecule has 17 heavy (non-hydrogen) atoms. The Morgan fingerprint density at radius 2 is 2.06 bits per heavy atom. The van der Waals surface area contributed by atoms with Crippen molar-refractivity contribution in [3.63, 3.8) is 0 Å². The van der Waals surface area contributed by atoms with E-state index in [4.69, 9.17) is 11.6 Å². The molecule has 2 heterocycles. The van der Waals surface area contributed by atoms with E-state index in [1.54, 1.807) is 0 Å². The van der Waals surface area contributed by atoms with Crippen molar-refractivity contribution in [2.45, 2.75) is 45.6 Å². The zero-order chi connectivity index (χ0) is 12.4. The lowest BCUT2D eigenvalue weighted by Crippen LogP contribution is -2.20. The van der Waals surface area contributed by atoms with Crippen LogP contribution in [0.2, 0.25) is 5.02 Å². The summed E-state index contributed by atoms with van der Waals surface area (Å²) < 4.78 is 2.51. The lowest BCUT2D eigenvalue weighted by molar-refractivity contribution is 0.376. The van der Waals surface area contributed by atoms with Crippen molar-refractivity contribution in [1.82, 2.24) is 4.57 Å². The number of hydrogen-bond donors (Lipinski definition) is 0. The highest BCUT2D eigenvalue weighted by molar-refractivity contribution is 6.31. The molecule has 0 spiro atoms. The first kappa shape index (κ1) is 11.2. The van der Waals surface area contributed by atoms with Crippen LogP contribution >= 0.6 is 11.6 Å². The van der Waals surface area contributed by atoms with Gasteiger partial charge in [-0.15, -0.1) is 0 Å². The van der Waals surface area contributed by atoms with Crippen LogP contribution in [-0.4, -0.2) is 4.57 Å². The SMILES string of the molecule is Cc1c2n(c3ccc(Cl)cc13)C(C)(C)CC2C. The van der Waals surface area contributed by atoms with E-state index in [1.165, 1.54) is 28.6 Å². The summed E-state index contributed by atoms with van der Waals surface area (Å²) >= 11 is 6.11. The van der Waals surface area contributed by atoms with E-state index in [0.717, 1.165) is 5.02 Å². The third-order valence-electron chi connectivity index (χ3n) is 4.11. The molecule has 1 atom stereocenters. The van der Waals surface area contributed by atoms with Crippen LogP contribution in [0.4, 0.5) is 0 Å². The molecule has 0 radical (unpaired) electrons. The number of aromatic nitrogens is 1. The number of fused-ring (bicyclic) bond motifs is 3. The van der Waals surface area contributed by atoms with Gasteiger partial charge in [0, 0.05) is 27.2 Å². The molecule has 0 saturated carbocycles. The number of nitrogens with zero attached hydrogens (tertiary/aromatic N) is 1. The highest BCUT2D eigenvalue weighted by Gasteiger charge is 2.37. The molecular weight excluding hydrogens is 230 g/mol. The Bertz CT molecular complexity index is 607. The Balaban J connectivity index is 2.45. The predicted molar refractivity (Wildman–Crippen MR) is 74.0 cm³/mol. The van der Waals surface area contributed by atoms with E-state index in [1.807, 2.05) is 6.07 Å². The van der Waals surface area contributed by atoms with Gasteiger partial charge in [0.25, 0.3) is 0 Å². The van der Waals surface area contributed by atoms with Gasteiger partial charge in [0.15, 0.2) is 0 Å². The van der Waals surface area contributed by atoms with Gasteiger partial charge in [0.05, 0.1) is 0 Å². The molecule has 3 rings (SSSR count). The molecule has 1 nitrogen and oxygen atoms in total. The fourth-order valence-corrected chi connectivity index (χ4v) is 3.79. The summed E-state index contributed by atoms with van der Waals surface area (Å²) in [5.74, 6) is 0.635. The monoisotopic (exact) mass is 247 g/mol. The fourth-order valence-electron chi connectivity index (χ4n) is 3.62. The van der Waals surface area contributed by atoms with E-state index >= 15 is 0 Å². The topological polar surface area (TPSA) is 4.93 Å². The van der Waals surface area contributed by atoms with Gasteiger partial charge in [-0.25, -0.2) is 0 Å². The minimum absolute atomic E-state index is 0.217. The average Bonchev–Trinajstić information content (AvgIpc) is 2.64. The first-order valence-electron chi connectivity index (χ1n) is 6.23. The fraction of sp³-hybridized carbons (Fsp3) is 0.467. The van der Waals surface area contributed by atoms with Crippen molar-refractivity contribution in [2.24, 2.45) is 0 Å². The Hall–Kier alpha value is -0.950. The second kappa shape index (κ2) is 3.29. The largest absolute Gasteiger partial charge is 0.338 e. The zero-order valence-electron chi connectivity index (χ0n) is 10.8. The molecule has 1 aromatic carbocycles. The molecule has 2 aromatic rings. The van der Waals surface area contributed by atoms with Crippen LogP contribution in [0.25, 0.3) is 10.9 Å². The van der Waals surface area contributed by atoms with Gasteiger partial charge in [-0.2, -0.15) is 0 Å². The first-order chi connectivity index (χ1) is 7.92. The Morgan fingerprint density at radius 3 is 2.76 bits per heavy atom. The molecule has 0 bridgehead atoms.